The molecular formula is C14H16N2O. The lowest BCUT2D eigenvalue weighted by molar-refractivity contribution is 0.424. The SMILES string of the molecule is NCc1ccc(C2CCCc3cccnc32)o1. The van der Waals surface area contributed by atoms with E-state index in [-0.39, 0.29) is 0 Å². The van der Waals surface area contributed by atoms with E-state index in [9.17, 15) is 0 Å². The van der Waals surface area contributed by atoms with Gasteiger partial charge in [-0.2, -0.15) is 0 Å². The third-order valence-electron chi connectivity index (χ3n) is 3.42. The number of aromatic nitrogens is 1. The number of rotatable bonds is 2. The van der Waals surface area contributed by atoms with Gasteiger partial charge in [0.1, 0.15) is 11.5 Å². The summed E-state index contributed by atoms with van der Waals surface area (Å²) in [6.45, 7) is 0.460. The van der Waals surface area contributed by atoms with E-state index >= 15 is 0 Å². The second-order valence-corrected chi connectivity index (χ2v) is 4.50. The lowest BCUT2D eigenvalue weighted by atomic mass is 9.85. The van der Waals surface area contributed by atoms with Gasteiger partial charge in [-0.25, -0.2) is 0 Å². The standard InChI is InChI=1S/C14H16N2O/c15-9-11-6-7-13(17-11)12-5-1-3-10-4-2-8-16-14(10)12/h2,4,6-8,12H,1,3,5,9,15H2. The lowest BCUT2D eigenvalue weighted by Crippen LogP contribution is -2.12. The van der Waals surface area contributed by atoms with Crippen LogP contribution in [0.3, 0.4) is 0 Å². The van der Waals surface area contributed by atoms with E-state index in [2.05, 4.69) is 11.1 Å². The maximum atomic E-state index is 5.76. The van der Waals surface area contributed by atoms with Gasteiger partial charge in [0.2, 0.25) is 0 Å². The van der Waals surface area contributed by atoms with Crippen molar-refractivity contribution < 1.29 is 4.42 Å². The molecule has 0 spiro atoms. The third kappa shape index (κ3) is 1.87. The Labute approximate surface area is 101 Å². The molecule has 0 amide bonds. The number of hydrogen-bond acceptors (Lipinski definition) is 3. The highest BCUT2D eigenvalue weighted by molar-refractivity contribution is 5.32. The molecule has 0 fully saturated rings. The first-order valence-electron chi connectivity index (χ1n) is 6.11. The Hall–Kier alpha value is -1.61. The van der Waals surface area contributed by atoms with Crippen LogP contribution in [0.5, 0.6) is 0 Å². The number of fused-ring (bicyclic) bond motifs is 1. The summed E-state index contributed by atoms with van der Waals surface area (Å²) in [7, 11) is 0. The Bertz CT molecular complexity index is 518. The van der Waals surface area contributed by atoms with Crippen LogP contribution in [0.25, 0.3) is 0 Å². The van der Waals surface area contributed by atoms with E-state index in [4.69, 9.17) is 10.2 Å². The minimum atomic E-state index is 0.306. The van der Waals surface area contributed by atoms with Crippen molar-refractivity contribution in [2.45, 2.75) is 31.7 Å². The lowest BCUT2D eigenvalue weighted by Gasteiger charge is -2.22. The van der Waals surface area contributed by atoms with Gasteiger partial charge in [-0.05, 0) is 43.0 Å². The fourth-order valence-corrected chi connectivity index (χ4v) is 2.58. The average Bonchev–Trinajstić information content (AvgIpc) is 2.87. The normalized spacial score (nSPS) is 19.0. The van der Waals surface area contributed by atoms with Crippen LogP contribution in [0.15, 0.2) is 34.9 Å². The van der Waals surface area contributed by atoms with Gasteiger partial charge in [0, 0.05) is 6.20 Å². The predicted molar refractivity (Wildman–Crippen MR) is 65.6 cm³/mol. The largest absolute Gasteiger partial charge is 0.464 e. The molecule has 0 aliphatic heterocycles. The van der Waals surface area contributed by atoms with Crippen molar-refractivity contribution in [3.63, 3.8) is 0 Å². The van der Waals surface area contributed by atoms with Gasteiger partial charge in [0.05, 0.1) is 18.2 Å². The molecule has 0 bridgehead atoms. The fourth-order valence-electron chi connectivity index (χ4n) is 2.58. The van der Waals surface area contributed by atoms with Gasteiger partial charge in [-0.3, -0.25) is 4.98 Å². The summed E-state index contributed by atoms with van der Waals surface area (Å²) < 4.78 is 5.76. The topological polar surface area (TPSA) is 52.0 Å². The summed E-state index contributed by atoms with van der Waals surface area (Å²) in [5.74, 6) is 2.16. The molecule has 3 nitrogen and oxygen atoms in total. The van der Waals surface area contributed by atoms with Gasteiger partial charge in [-0.1, -0.05) is 6.07 Å². The van der Waals surface area contributed by atoms with E-state index < -0.39 is 0 Å². The van der Waals surface area contributed by atoms with Crippen LogP contribution >= 0.6 is 0 Å². The average molecular weight is 228 g/mol. The molecule has 3 rings (SSSR count). The highest BCUT2D eigenvalue weighted by Crippen LogP contribution is 2.35. The van der Waals surface area contributed by atoms with E-state index in [1.807, 2.05) is 24.4 Å². The Kier molecular flexibility index (Phi) is 2.69. The van der Waals surface area contributed by atoms with Crippen molar-refractivity contribution in [3.8, 4) is 0 Å². The molecule has 1 aliphatic carbocycles. The van der Waals surface area contributed by atoms with Crippen LogP contribution in [0.2, 0.25) is 0 Å². The zero-order valence-electron chi connectivity index (χ0n) is 9.73. The highest BCUT2D eigenvalue weighted by Gasteiger charge is 2.25. The quantitative estimate of drug-likeness (QED) is 0.859. The van der Waals surface area contributed by atoms with Gasteiger partial charge in [-0.15, -0.1) is 0 Å². The van der Waals surface area contributed by atoms with Crippen molar-refractivity contribution in [2.24, 2.45) is 5.73 Å². The first-order chi connectivity index (χ1) is 8.38. The van der Waals surface area contributed by atoms with Crippen LogP contribution in [0.4, 0.5) is 0 Å². The minimum Gasteiger partial charge on any atom is -0.464 e. The van der Waals surface area contributed by atoms with Crippen LogP contribution in [-0.2, 0) is 13.0 Å². The minimum absolute atomic E-state index is 0.306. The summed E-state index contributed by atoms with van der Waals surface area (Å²) in [5.41, 5.74) is 8.11. The number of nitrogens with zero attached hydrogens (tertiary/aromatic N) is 1. The number of hydrogen-bond donors (Lipinski definition) is 1. The van der Waals surface area contributed by atoms with Gasteiger partial charge < -0.3 is 10.2 Å². The Balaban J connectivity index is 1.99. The van der Waals surface area contributed by atoms with E-state index in [1.165, 1.54) is 17.7 Å². The molecule has 0 radical (unpaired) electrons. The number of aryl methyl sites for hydroxylation is 1. The molecule has 0 aromatic carbocycles. The van der Waals surface area contributed by atoms with Crippen molar-refractivity contribution in [2.75, 3.05) is 0 Å². The Morgan fingerprint density at radius 2 is 2.29 bits per heavy atom. The van der Waals surface area contributed by atoms with Crippen LogP contribution in [0.1, 0.15) is 41.5 Å². The predicted octanol–water partition coefficient (Wildman–Crippen LogP) is 2.60. The maximum absolute atomic E-state index is 5.76. The summed E-state index contributed by atoms with van der Waals surface area (Å²) in [6, 6.07) is 8.18. The number of furan rings is 1. The summed E-state index contributed by atoms with van der Waals surface area (Å²) in [5, 5.41) is 0. The summed E-state index contributed by atoms with van der Waals surface area (Å²) in [6.07, 6.45) is 5.30. The molecule has 2 heterocycles. The second kappa shape index (κ2) is 4.34. The molecular weight excluding hydrogens is 212 g/mol. The van der Waals surface area contributed by atoms with Crippen LogP contribution in [0, 0.1) is 0 Å². The fraction of sp³-hybridized carbons (Fsp3) is 0.357. The van der Waals surface area contributed by atoms with Crippen molar-refractivity contribution in [1.29, 1.82) is 0 Å². The summed E-state index contributed by atoms with van der Waals surface area (Å²) in [4.78, 5) is 4.52. The summed E-state index contributed by atoms with van der Waals surface area (Å²) >= 11 is 0. The third-order valence-corrected chi connectivity index (χ3v) is 3.42. The first-order valence-corrected chi connectivity index (χ1v) is 6.11. The molecule has 88 valence electrons. The smallest absolute Gasteiger partial charge is 0.117 e. The molecule has 2 aromatic heterocycles. The van der Waals surface area contributed by atoms with Gasteiger partial charge >= 0.3 is 0 Å². The molecule has 1 atom stereocenters. The van der Waals surface area contributed by atoms with E-state index in [0.717, 1.165) is 24.4 Å². The molecule has 2 N–H and O–H groups in total. The monoisotopic (exact) mass is 228 g/mol. The molecule has 0 saturated heterocycles. The molecule has 1 aliphatic rings. The second-order valence-electron chi connectivity index (χ2n) is 4.50. The van der Waals surface area contributed by atoms with Gasteiger partial charge in [0.15, 0.2) is 0 Å². The van der Waals surface area contributed by atoms with E-state index in [1.54, 1.807) is 0 Å². The Morgan fingerprint density at radius 3 is 3.12 bits per heavy atom. The maximum Gasteiger partial charge on any atom is 0.117 e. The molecule has 17 heavy (non-hydrogen) atoms. The molecule has 0 saturated carbocycles. The zero-order chi connectivity index (χ0) is 11.7. The van der Waals surface area contributed by atoms with Crippen molar-refractivity contribution in [3.05, 3.63) is 53.2 Å². The first kappa shape index (κ1) is 10.5. The van der Waals surface area contributed by atoms with E-state index in [0.29, 0.717) is 12.5 Å². The molecule has 2 aromatic rings. The molecule has 3 heteroatoms. The van der Waals surface area contributed by atoms with Crippen LogP contribution in [-0.4, -0.2) is 4.98 Å². The molecule has 1 unspecified atom stereocenters. The van der Waals surface area contributed by atoms with Crippen molar-refractivity contribution >= 4 is 0 Å². The number of nitrogens with two attached hydrogens (primary N) is 1. The Morgan fingerprint density at radius 1 is 1.35 bits per heavy atom. The zero-order valence-corrected chi connectivity index (χ0v) is 9.73. The van der Waals surface area contributed by atoms with Crippen molar-refractivity contribution in [1.82, 2.24) is 4.98 Å². The number of pyridine rings is 1. The highest BCUT2D eigenvalue weighted by atomic mass is 16.3. The van der Waals surface area contributed by atoms with Crippen LogP contribution < -0.4 is 5.73 Å². The van der Waals surface area contributed by atoms with Gasteiger partial charge in [0.25, 0.3) is 0 Å².